The van der Waals surface area contributed by atoms with Gasteiger partial charge in [-0.15, -0.1) is 0 Å². The molecule has 0 spiro atoms. The Hall–Kier alpha value is -1.67. The van der Waals surface area contributed by atoms with Crippen LogP contribution in [0, 0.1) is 20.8 Å². The lowest BCUT2D eigenvalue weighted by Gasteiger charge is -2.19. The van der Waals surface area contributed by atoms with Gasteiger partial charge in [-0.2, -0.15) is 0 Å². The molecular formula is C18H24N2. The van der Waals surface area contributed by atoms with Crippen molar-refractivity contribution in [2.45, 2.75) is 40.2 Å². The van der Waals surface area contributed by atoms with E-state index in [0.29, 0.717) is 6.04 Å². The van der Waals surface area contributed by atoms with Gasteiger partial charge in [0.05, 0.1) is 0 Å². The number of nitrogens with zero attached hydrogens (tertiary/aromatic N) is 1. The van der Waals surface area contributed by atoms with Gasteiger partial charge in [0.1, 0.15) is 0 Å². The molecule has 1 aromatic carbocycles. The van der Waals surface area contributed by atoms with E-state index in [4.69, 9.17) is 0 Å². The van der Waals surface area contributed by atoms with Crippen LogP contribution >= 0.6 is 0 Å². The van der Waals surface area contributed by atoms with Gasteiger partial charge >= 0.3 is 0 Å². The highest BCUT2D eigenvalue weighted by molar-refractivity contribution is 5.31. The first-order valence-corrected chi connectivity index (χ1v) is 7.32. The number of rotatable bonds is 5. The molecule has 0 bridgehead atoms. The summed E-state index contributed by atoms with van der Waals surface area (Å²) in [6, 6.07) is 11.4. The first kappa shape index (κ1) is 14.7. The van der Waals surface area contributed by atoms with E-state index in [1.807, 2.05) is 13.1 Å². The Balaban J connectivity index is 2.22. The van der Waals surface area contributed by atoms with Crippen molar-refractivity contribution in [1.29, 1.82) is 0 Å². The Kier molecular flexibility index (Phi) is 4.91. The van der Waals surface area contributed by atoms with Crippen LogP contribution in [0.4, 0.5) is 0 Å². The van der Waals surface area contributed by atoms with Gasteiger partial charge in [0.25, 0.3) is 0 Å². The maximum absolute atomic E-state index is 4.29. The second kappa shape index (κ2) is 6.67. The third-order valence-corrected chi connectivity index (χ3v) is 3.78. The van der Waals surface area contributed by atoms with Crippen LogP contribution in [0.2, 0.25) is 0 Å². The highest BCUT2D eigenvalue weighted by atomic mass is 14.9. The van der Waals surface area contributed by atoms with Crippen molar-refractivity contribution in [3.63, 3.8) is 0 Å². The van der Waals surface area contributed by atoms with Crippen LogP contribution in [0.15, 0.2) is 36.5 Å². The molecule has 1 unspecified atom stereocenters. The summed E-state index contributed by atoms with van der Waals surface area (Å²) < 4.78 is 0. The minimum Gasteiger partial charge on any atom is -0.310 e. The van der Waals surface area contributed by atoms with Crippen molar-refractivity contribution in [3.8, 4) is 0 Å². The van der Waals surface area contributed by atoms with E-state index < -0.39 is 0 Å². The van der Waals surface area contributed by atoms with Crippen molar-refractivity contribution >= 4 is 0 Å². The fraction of sp³-hybridized carbons (Fsp3) is 0.389. The van der Waals surface area contributed by atoms with E-state index in [1.165, 1.54) is 22.3 Å². The normalized spacial score (nSPS) is 12.4. The molecule has 0 aliphatic heterocycles. The Morgan fingerprint density at radius 1 is 1.05 bits per heavy atom. The lowest BCUT2D eigenvalue weighted by Crippen LogP contribution is -2.23. The maximum atomic E-state index is 4.29. The lowest BCUT2D eigenvalue weighted by atomic mass is 9.96. The first-order chi connectivity index (χ1) is 9.60. The number of nitrogens with one attached hydrogen (secondary N) is 1. The number of benzene rings is 1. The highest BCUT2D eigenvalue weighted by Gasteiger charge is 2.12. The molecule has 106 valence electrons. The Bertz CT molecular complexity index is 575. The average molecular weight is 268 g/mol. The fourth-order valence-corrected chi connectivity index (χ4v) is 2.50. The molecule has 0 saturated carbocycles. The Labute approximate surface area is 122 Å². The summed E-state index contributed by atoms with van der Waals surface area (Å²) in [7, 11) is 0. The fourth-order valence-electron chi connectivity index (χ4n) is 2.50. The molecule has 2 rings (SSSR count). The van der Waals surface area contributed by atoms with Crippen LogP contribution in [0.1, 0.15) is 40.9 Å². The SMILES string of the molecule is CCNC(Cc1ccc(C)c(C)c1)c1ccnc(C)c1. The largest absolute Gasteiger partial charge is 0.310 e. The van der Waals surface area contributed by atoms with Crippen LogP contribution in [0.5, 0.6) is 0 Å². The van der Waals surface area contributed by atoms with E-state index >= 15 is 0 Å². The van der Waals surface area contributed by atoms with E-state index in [2.05, 4.69) is 61.4 Å². The zero-order chi connectivity index (χ0) is 14.5. The summed E-state index contributed by atoms with van der Waals surface area (Å²) in [6.07, 6.45) is 2.91. The molecule has 20 heavy (non-hydrogen) atoms. The molecule has 1 heterocycles. The smallest absolute Gasteiger partial charge is 0.0375 e. The summed E-state index contributed by atoms with van der Waals surface area (Å²) in [5.74, 6) is 0. The predicted molar refractivity (Wildman–Crippen MR) is 85.0 cm³/mol. The van der Waals surface area contributed by atoms with Crippen molar-refractivity contribution in [2.24, 2.45) is 0 Å². The molecule has 2 nitrogen and oxygen atoms in total. The standard InChI is InChI=1S/C18H24N2/c1-5-19-18(17-8-9-20-15(4)11-17)12-16-7-6-13(2)14(3)10-16/h6-11,18-19H,5,12H2,1-4H3. The van der Waals surface area contributed by atoms with Gasteiger partial charge in [-0.1, -0.05) is 25.1 Å². The number of likely N-dealkylation sites (N-methyl/N-ethyl adjacent to an activating group) is 1. The van der Waals surface area contributed by atoms with Gasteiger partial charge in [-0.3, -0.25) is 4.98 Å². The van der Waals surface area contributed by atoms with Gasteiger partial charge in [0, 0.05) is 17.9 Å². The summed E-state index contributed by atoms with van der Waals surface area (Å²) >= 11 is 0. The lowest BCUT2D eigenvalue weighted by molar-refractivity contribution is 0.548. The molecule has 0 amide bonds. The van der Waals surface area contributed by atoms with Gasteiger partial charge in [-0.05, 0) is 68.1 Å². The van der Waals surface area contributed by atoms with Crippen molar-refractivity contribution in [2.75, 3.05) is 6.54 Å². The molecule has 0 fully saturated rings. The van der Waals surface area contributed by atoms with E-state index in [-0.39, 0.29) is 0 Å². The highest BCUT2D eigenvalue weighted by Crippen LogP contribution is 2.20. The monoisotopic (exact) mass is 268 g/mol. The van der Waals surface area contributed by atoms with Crippen LogP contribution < -0.4 is 5.32 Å². The molecule has 0 aliphatic carbocycles. The second-order valence-electron chi connectivity index (χ2n) is 5.46. The molecular weight excluding hydrogens is 244 g/mol. The number of hydrogen-bond acceptors (Lipinski definition) is 2. The zero-order valence-electron chi connectivity index (χ0n) is 12.9. The van der Waals surface area contributed by atoms with Crippen LogP contribution in [-0.2, 0) is 6.42 Å². The number of pyridine rings is 1. The molecule has 0 aliphatic rings. The first-order valence-electron chi connectivity index (χ1n) is 7.32. The van der Waals surface area contributed by atoms with Gasteiger partial charge < -0.3 is 5.32 Å². The number of hydrogen-bond donors (Lipinski definition) is 1. The van der Waals surface area contributed by atoms with E-state index in [0.717, 1.165) is 18.7 Å². The molecule has 0 radical (unpaired) electrons. The molecule has 1 aromatic heterocycles. The molecule has 1 N–H and O–H groups in total. The van der Waals surface area contributed by atoms with Crippen LogP contribution in [-0.4, -0.2) is 11.5 Å². The van der Waals surface area contributed by atoms with E-state index in [1.54, 1.807) is 0 Å². The maximum Gasteiger partial charge on any atom is 0.0375 e. The second-order valence-corrected chi connectivity index (χ2v) is 5.46. The third kappa shape index (κ3) is 3.67. The summed E-state index contributed by atoms with van der Waals surface area (Å²) in [4.78, 5) is 4.29. The third-order valence-electron chi connectivity index (χ3n) is 3.78. The summed E-state index contributed by atoms with van der Waals surface area (Å²) in [6.45, 7) is 9.51. The molecule has 0 saturated heterocycles. The van der Waals surface area contributed by atoms with Crippen LogP contribution in [0.25, 0.3) is 0 Å². The molecule has 1 atom stereocenters. The van der Waals surface area contributed by atoms with Crippen LogP contribution in [0.3, 0.4) is 0 Å². The van der Waals surface area contributed by atoms with Crippen molar-refractivity contribution < 1.29 is 0 Å². The van der Waals surface area contributed by atoms with Crippen molar-refractivity contribution in [3.05, 3.63) is 64.5 Å². The minimum atomic E-state index is 0.351. The molecule has 2 heteroatoms. The Morgan fingerprint density at radius 2 is 1.85 bits per heavy atom. The quantitative estimate of drug-likeness (QED) is 0.889. The minimum absolute atomic E-state index is 0.351. The van der Waals surface area contributed by atoms with Gasteiger partial charge in [0.2, 0.25) is 0 Å². The zero-order valence-corrected chi connectivity index (χ0v) is 12.9. The van der Waals surface area contributed by atoms with Gasteiger partial charge in [-0.25, -0.2) is 0 Å². The van der Waals surface area contributed by atoms with E-state index in [9.17, 15) is 0 Å². The summed E-state index contributed by atoms with van der Waals surface area (Å²) in [5.41, 5.74) is 6.49. The summed E-state index contributed by atoms with van der Waals surface area (Å²) in [5, 5.41) is 3.58. The van der Waals surface area contributed by atoms with Crippen molar-refractivity contribution in [1.82, 2.24) is 10.3 Å². The number of aromatic nitrogens is 1. The molecule has 2 aromatic rings. The number of aryl methyl sites for hydroxylation is 3. The predicted octanol–water partition coefficient (Wildman–Crippen LogP) is 3.90. The van der Waals surface area contributed by atoms with Gasteiger partial charge in [0.15, 0.2) is 0 Å². The topological polar surface area (TPSA) is 24.9 Å². The average Bonchev–Trinajstić information content (AvgIpc) is 2.42. The Morgan fingerprint density at radius 3 is 2.50 bits per heavy atom.